The van der Waals surface area contributed by atoms with Gasteiger partial charge < -0.3 is 4.84 Å². The van der Waals surface area contributed by atoms with Gasteiger partial charge in [0, 0.05) is 11.8 Å². The molecule has 0 fully saturated rings. The summed E-state index contributed by atoms with van der Waals surface area (Å²) in [6.45, 7) is 0. The van der Waals surface area contributed by atoms with Gasteiger partial charge in [-0.2, -0.15) is 5.06 Å². The van der Waals surface area contributed by atoms with E-state index in [0.29, 0.717) is 0 Å². The van der Waals surface area contributed by atoms with E-state index in [2.05, 4.69) is 0 Å². The van der Waals surface area contributed by atoms with Crippen LogP contribution in [0, 0.1) is 0 Å². The molecule has 0 bridgehead atoms. The second kappa shape index (κ2) is 3.74. The van der Waals surface area contributed by atoms with Crippen LogP contribution in [0.3, 0.4) is 0 Å². The number of fused-ring (bicyclic) bond motifs is 1. The summed E-state index contributed by atoms with van der Waals surface area (Å²) in [7, 11) is 0. The maximum absolute atomic E-state index is 5.76. The number of rotatable bonds is 1. The van der Waals surface area contributed by atoms with Crippen molar-refractivity contribution in [1.29, 1.82) is 0 Å². The Hall–Kier alpha value is -2.22. The first-order chi connectivity index (χ1) is 7.93. The second-order valence-corrected chi connectivity index (χ2v) is 3.61. The Labute approximate surface area is 94.4 Å². The third-order valence-electron chi connectivity index (χ3n) is 2.52. The van der Waals surface area contributed by atoms with Crippen molar-refractivity contribution in [1.82, 2.24) is 0 Å². The van der Waals surface area contributed by atoms with E-state index in [9.17, 15) is 0 Å². The summed E-state index contributed by atoms with van der Waals surface area (Å²) >= 11 is 0. The standard InChI is InChI=1S/C14H11NO/c1-2-7-13(8-3-1)15-11-10-12-6-4-5-9-14(12)16-15/h1-11H. The van der Waals surface area contributed by atoms with E-state index < -0.39 is 0 Å². The quantitative estimate of drug-likeness (QED) is 0.713. The topological polar surface area (TPSA) is 12.5 Å². The lowest BCUT2D eigenvalue weighted by Gasteiger charge is -2.24. The van der Waals surface area contributed by atoms with Crippen molar-refractivity contribution in [2.24, 2.45) is 0 Å². The van der Waals surface area contributed by atoms with Crippen LogP contribution in [0.4, 0.5) is 5.69 Å². The van der Waals surface area contributed by atoms with Crippen LogP contribution >= 0.6 is 0 Å². The lowest BCUT2D eigenvalue weighted by Crippen LogP contribution is -2.23. The van der Waals surface area contributed by atoms with Gasteiger partial charge in [0.15, 0.2) is 5.75 Å². The Morgan fingerprint density at radius 3 is 2.44 bits per heavy atom. The summed E-state index contributed by atoms with van der Waals surface area (Å²) in [5.74, 6) is 0.883. The summed E-state index contributed by atoms with van der Waals surface area (Å²) in [5.41, 5.74) is 2.13. The minimum atomic E-state index is 0.883. The van der Waals surface area contributed by atoms with Gasteiger partial charge in [-0.15, -0.1) is 0 Å². The van der Waals surface area contributed by atoms with Gasteiger partial charge in [-0.1, -0.05) is 36.4 Å². The fourth-order valence-corrected chi connectivity index (χ4v) is 1.70. The molecule has 16 heavy (non-hydrogen) atoms. The molecule has 0 atom stereocenters. The fraction of sp³-hybridized carbons (Fsp3) is 0. The molecule has 1 heterocycles. The summed E-state index contributed by atoms with van der Waals surface area (Å²) in [6.07, 6.45) is 3.98. The first kappa shape index (κ1) is 9.04. The highest BCUT2D eigenvalue weighted by atomic mass is 16.7. The second-order valence-electron chi connectivity index (χ2n) is 3.61. The van der Waals surface area contributed by atoms with Crippen molar-refractivity contribution in [2.75, 3.05) is 5.06 Å². The average molecular weight is 209 g/mol. The molecule has 0 saturated heterocycles. The minimum absolute atomic E-state index is 0.883. The van der Waals surface area contributed by atoms with Gasteiger partial charge in [0.1, 0.15) is 0 Å². The van der Waals surface area contributed by atoms with Crippen molar-refractivity contribution in [2.45, 2.75) is 0 Å². The van der Waals surface area contributed by atoms with E-state index in [1.165, 1.54) is 0 Å². The largest absolute Gasteiger partial charge is 0.375 e. The van der Waals surface area contributed by atoms with E-state index in [-0.39, 0.29) is 0 Å². The highest BCUT2D eigenvalue weighted by molar-refractivity contribution is 5.64. The Kier molecular flexibility index (Phi) is 2.11. The molecule has 2 aromatic rings. The SMILES string of the molecule is C1=CN(c2ccccc2)Oc2ccccc21. The molecule has 78 valence electrons. The van der Waals surface area contributed by atoms with Gasteiger partial charge in [-0.25, -0.2) is 0 Å². The van der Waals surface area contributed by atoms with Crippen molar-refractivity contribution in [3.05, 3.63) is 66.4 Å². The number of nitrogens with zero attached hydrogens (tertiary/aromatic N) is 1. The molecule has 0 N–H and O–H groups in total. The molecule has 0 spiro atoms. The smallest absolute Gasteiger partial charge is 0.163 e. The normalized spacial score (nSPS) is 13.1. The molecule has 0 saturated carbocycles. The first-order valence-electron chi connectivity index (χ1n) is 5.23. The van der Waals surface area contributed by atoms with Crippen LogP contribution in [0.1, 0.15) is 5.56 Å². The van der Waals surface area contributed by atoms with Crippen LogP contribution in [-0.2, 0) is 0 Å². The third-order valence-corrected chi connectivity index (χ3v) is 2.52. The number of para-hydroxylation sites is 2. The van der Waals surface area contributed by atoms with Crippen LogP contribution in [0.2, 0.25) is 0 Å². The zero-order valence-electron chi connectivity index (χ0n) is 8.71. The molecule has 0 aliphatic carbocycles. The van der Waals surface area contributed by atoms with Crippen molar-refractivity contribution in [3.63, 3.8) is 0 Å². The summed E-state index contributed by atoms with van der Waals surface area (Å²) < 4.78 is 0. The van der Waals surface area contributed by atoms with Gasteiger partial charge in [0.05, 0.1) is 5.69 Å². The highest BCUT2D eigenvalue weighted by Gasteiger charge is 2.11. The fourth-order valence-electron chi connectivity index (χ4n) is 1.70. The number of hydrogen-bond acceptors (Lipinski definition) is 2. The highest BCUT2D eigenvalue weighted by Crippen LogP contribution is 2.27. The zero-order chi connectivity index (χ0) is 10.8. The molecular weight excluding hydrogens is 198 g/mol. The van der Waals surface area contributed by atoms with E-state index in [0.717, 1.165) is 17.0 Å². The number of hydroxylamine groups is 1. The van der Waals surface area contributed by atoms with Gasteiger partial charge in [0.2, 0.25) is 0 Å². The average Bonchev–Trinajstić information content (AvgIpc) is 2.39. The predicted octanol–water partition coefficient (Wildman–Crippen LogP) is 3.47. The van der Waals surface area contributed by atoms with Crippen LogP contribution < -0.4 is 9.90 Å². The van der Waals surface area contributed by atoms with Crippen molar-refractivity contribution < 1.29 is 4.84 Å². The van der Waals surface area contributed by atoms with E-state index in [1.54, 1.807) is 5.06 Å². The summed E-state index contributed by atoms with van der Waals surface area (Å²) in [5, 5.41) is 1.77. The maximum Gasteiger partial charge on any atom is 0.163 e. The Bertz CT molecular complexity index is 519. The van der Waals surface area contributed by atoms with Crippen LogP contribution in [0.5, 0.6) is 5.75 Å². The molecule has 0 radical (unpaired) electrons. The van der Waals surface area contributed by atoms with Gasteiger partial charge in [0.25, 0.3) is 0 Å². The molecule has 1 aliphatic heterocycles. The lowest BCUT2D eigenvalue weighted by molar-refractivity contribution is 0.315. The molecule has 0 unspecified atom stereocenters. The van der Waals surface area contributed by atoms with E-state index in [1.807, 2.05) is 66.9 Å². The van der Waals surface area contributed by atoms with Crippen LogP contribution in [0.15, 0.2) is 60.8 Å². The minimum Gasteiger partial charge on any atom is -0.375 e. The molecule has 0 aromatic heterocycles. The first-order valence-corrected chi connectivity index (χ1v) is 5.23. The number of hydrogen-bond donors (Lipinski definition) is 0. The molecular formula is C14H11NO. The molecule has 2 heteroatoms. The lowest BCUT2D eigenvalue weighted by atomic mass is 10.2. The Balaban J connectivity index is 1.95. The number of benzene rings is 2. The number of anilines is 1. The zero-order valence-corrected chi connectivity index (χ0v) is 8.71. The Morgan fingerprint density at radius 1 is 0.812 bits per heavy atom. The molecule has 2 nitrogen and oxygen atoms in total. The van der Waals surface area contributed by atoms with E-state index >= 15 is 0 Å². The van der Waals surface area contributed by atoms with Crippen LogP contribution in [-0.4, -0.2) is 0 Å². The molecule has 0 amide bonds. The molecule has 3 rings (SSSR count). The summed E-state index contributed by atoms with van der Waals surface area (Å²) in [6, 6.07) is 18.0. The van der Waals surface area contributed by atoms with Gasteiger partial charge in [-0.3, -0.25) is 0 Å². The predicted molar refractivity (Wildman–Crippen MR) is 65.0 cm³/mol. The third kappa shape index (κ3) is 1.54. The van der Waals surface area contributed by atoms with E-state index in [4.69, 9.17) is 4.84 Å². The van der Waals surface area contributed by atoms with Crippen molar-refractivity contribution >= 4 is 11.8 Å². The van der Waals surface area contributed by atoms with Gasteiger partial charge >= 0.3 is 0 Å². The Morgan fingerprint density at radius 2 is 1.56 bits per heavy atom. The maximum atomic E-state index is 5.76. The van der Waals surface area contributed by atoms with Crippen LogP contribution in [0.25, 0.3) is 6.08 Å². The van der Waals surface area contributed by atoms with Crippen molar-refractivity contribution in [3.8, 4) is 5.75 Å². The monoisotopic (exact) mass is 209 g/mol. The molecule has 1 aliphatic rings. The summed E-state index contributed by atoms with van der Waals surface area (Å²) in [4.78, 5) is 5.76. The van der Waals surface area contributed by atoms with Gasteiger partial charge in [-0.05, 0) is 24.3 Å². The molecule has 2 aromatic carbocycles.